The minimum atomic E-state index is -0.803. The second-order valence-corrected chi connectivity index (χ2v) is 16.2. The van der Waals surface area contributed by atoms with E-state index in [1.54, 1.807) is 0 Å². The molecule has 0 aliphatic carbocycles. The molecule has 6 nitrogen and oxygen atoms in total. The number of allylic oxidation sites excluding steroid dienone is 12. The molecule has 58 heavy (non-hydrogen) atoms. The van der Waals surface area contributed by atoms with E-state index in [0.717, 1.165) is 70.6 Å². The molecule has 1 amide bonds. The van der Waals surface area contributed by atoms with Crippen LogP contribution in [0.3, 0.4) is 0 Å². The average Bonchev–Trinajstić information content (AvgIpc) is 3.22. The first kappa shape index (κ1) is 55.3. The first-order valence-electron chi connectivity index (χ1n) is 24.2. The van der Waals surface area contributed by atoms with Crippen LogP contribution in [0.5, 0.6) is 0 Å². The molecule has 0 saturated heterocycles. The highest BCUT2D eigenvalue weighted by Gasteiger charge is 2.24. The van der Waals surface area contributed by atoms with Crippen molar-refractivity contribution in [1.29, 1.82) is 0 Å². The minimum Gasteiger partial charge on any atom is -0.462 e. The summed E-state index contributed by atoms with van der Waals surface area (Å²) < 4.78 is 5.87. The topological polar surface area (TPSA) is 95.9 Å². The standard InChI is InChI=1S/C52H91NO5/c1-4-7-10-13-16-19-22-24-25-27-30-33-36-39-42-45-52(57)58-48(43-40-37-34-31-28-21-18-15-12-9-6-3)46-51(56)53-49(47-54)50(55)44-41-38-35-32-29-26-23-20-17-14-11-8-5-2/h7,10,13,16,19,22,24-25,27,30-31,34,48-50,54-55H,4-6,8-9,11-12,14-15,17-18,20-21,23,26,28-29,32-33,35-47H2,1-3H3,(H,53,56)/b10-7+,16-13+,22-19-,25-24-,30-27+,34-31-. The maximum Gasteiger partial charge on any atom is 0.306 e. The van der Waals surface area contributed by atoms with Gasteiger partial charge in [-0.1, -0.05) is 216 Å². The summed E-state index contributed by atoms with van der Waals surface area (Å²) in [6, 6.07) is -0.720. The predicted molar refractivity (Wildman–Crippen MR) is 250 cm³/mol. The van der Waals surface area contributed by atoms with E-state index in [1.165, 1.54) is 103 Å². The van der Waals surface area contributed by atoms with Crippen LogP contribution in [0.15, 0.2) is 72.9 Å². The van der Waals surface area contributed by atoms with Crippen LogP contribution < -0.4 is 5.32 Å². The van der Waals surface area contributed by atoms with Crippen molar-refractivity contribution in [3.05, 3.63) is 72.9 Å². The van der Waals surface area contributed by atoms with E-state index in [1.807, 2.05) is 42.5 Å². The summed E-state index contributed by atoms with van der Waals surface area (Å²) in [5.41, 5.74) is 0. The molecule has 0 fully saturated rings. The number of aliphatic hydroxyl groups excluding tert-OH is 2. The Labute approximate surface area is 358 Å². The van der Waals surface area contributed by atoms with Gasteiger partial charge in [0.1, 0.15) is 6.10 Å². The Bertz CT molecular complexity index is 1090. The van der Waals surface area contributed by atoms with Gasteiger partial charge in [0.15, 0.2) is 0 Å². The molecule has 0 aliphatic heterocycles. The Kier molecular flexibility index (Phi) is 43.3. The number of aliphatic hydroxyl groups is 2. The molecular weight excluding hydrogens is 719 g/mol. The van der Waals surface area contributed by atoms with Gasteiger partial charge in [-0.3, -0.25) is 9.59 Å². The Hall–Kier alpha value is -2.70. The second kappa shape index (κ2) is 45.4. The van der Waals surface area contributed by atoms with Crippen molar-refractivity contribution in [2.24, 2.45) is 0 Å². The van der Waals surface area contributed by atoms with E-state index in [0.29, 0.717) is 19.3 Å². The van der Waals surface area contributed by atoms with Crippen molar-refractivity contribution in [2.45, 2.75) is 238 Å². The lowest BCUT2D eigenvalue weighted by molar-refractivity contribution is -0.151. The van der Waals surface area contributed by atoms with Crippen LogP contribution in [0.1, 0.15) is 220 Å². The molecule has 0 aliphatic rings. The molecule has 3 N–H and O–H groups in total. The smallest absolute Gasteiger partial charge is 0.306 e. The van der Waals surface area contributed by atoms with Gasteiger partial charge in [0.25, 0.3) is 0 Å². The summed E-state index contributed by atoms with van der Waals surface area (Å²) >= 11 is 0. The van der Waals surface area contributed by atoms with E-state index in [2.05, 4.69) is 56.5 Å². The van der Waals surface area contributed by atoms with Gasteiger partial charge in [0.2, 0.25) is 5.91 Å². The molecule has 0 aromatic heterocycles. The van der Waals surface area contributed by atoms with Crippen molar-refractivity contribution >= 4 is 11.9 Å². The summed E-state index contributed by atoms with van der Waals surface area (Å²) in [7, 11) is 0. The van der Waals surface area contributed by atoms with Crippen LogP contribution in [0, 0.1) is 0 Å². The van der Waals surface area contributed by atoms with Crippen LogP contribution in [0.25, 0.3) is 0 Å². The zero-order valence-electron chi connectivity index (χ0n) is 37.9. The fourth-order valence-electron chi connectivity index (χ4n) is 6.98. The van der Waals surface area contributed by atoms with Crippen molar-refractivity contribution in [2.75, 3.05) is 6.61 Å². The lowest BCUT2D eigenvalue weighted by atomic mass is 10.0. The van der Waals surface area contributed by atoms with Gasteiger partial charge in [-0.15, -0.1) is 0 Å². The predicted octanol–water partition coefficient (Wildman–Crippen LogP) is 14.2. The number of hydrogen-bond donors (Lipinski definition) is 3. The summed E-state index contributed by atoms with van der Waals surface area (Å²) in [5, 5.41) is 23.7. The highest BCUT2D eigenvalue weighted by molar-refractivity contribution is 5.77. The Balaban J connectivity index is 4.67. The molecule has 0 saturated carbocycles. The molecule has 3 atom stereocenters. The van der Waals surface area contributed by atoms with Crippen molar-refractivity contribution in [3.63, 3.8) is 0 Å². The number of carbonyl (C=O) groups is 2. The Morgan fingerprint density at radius 2 is 0.966 bits per heavy atom. The molecule has 0 aromatic carbocycles. The average molecular weight is 810 g/mol. The molecule has 0 aromatic rings. The van der Waals surface area contributed by atoms with E-state index in [4.69, 9.17) is 4.74 Å². The quantitative estimate of drug-likeness (QED) is 0.0247. The highest BCUT2D eigenvalue weighted by Crippen LogP contribution is 2.17. The molecule has 0 heterocycles. The molecule has 3 unspecified atom stereocenters. The number of esters is 1. The molecule has 0 bridgehead atoms. The molecule has 334 valence electrons. The minimum absolute atomic E-state index is 0.0366. The third-order valence-electron chi connectivity index (χ3n) is 10.6. The van der Waals surface area contributed by atoms with E-state index in [-0.39, 0.29) is 24.9 Å². The van der Waals surface area contributed by atoms with Gasteiger partial charge in [0, 0.05) is 6.42 Å². The molecule has 0 radical (unpaired) electrons. The SMILES string of the molecule is CC/C=C/C=C/C=C\C=C/C=C/CCCCCC(=O)OC(CCC/C=C\CCCCCCCC)CC(=O)NC(CO)C(O)CCCCCCCCCCCCCCC. The van der Waals surface area contributed by atoms with Crippen molar-refractivity contribution in [3.8, 4) is 0 Å². The van der Waals surface area contributed by atoms with Gasteiger partial charge in [0.05, 0.1) is 25.2 Å². The fraction of sp³-hybridized carbons (Fsp3) is 0.731. The third kappa shape index (κ3) is 40.1. The monoisotopic (exact) mass is 810 g/mol. The molecule has 0 rings (SSSR count). The zero-order chi connectivity index (χ0) is 42.4. The summed E-state index contributed by atoms with van der Waals surface area (Å²) in [5.74, 6) is -0.557. The number of carbonyl (C=O) groups excluding carboxylic acids is 2. The molecule has 6 heteroatoms. The fourth-order valence-corrected chi connectivity index (χ4v) is 6.98. The van der Waals surface area contributed by atoms with Crippen LogP contribution in [0.4, 0.5) is 0 Å². The molecular formula is C52H91NO5. The van der Waals surface area contributed by atoms with E-state index in [9.17, 15) is 19.8 Å². The summed E-state index contributed by atoms with van der Waals surface area (Å²) in [6.07, 6.45) is 56.7. The van der Waals surface area contributed by atoms with Crippen molar-refractivity contribution < 1.29 is 24.5 Å². The number of nitrogens with one attached hydrogen (secondary N) is 1. The van der Waals surface area contributed by atoms with Crippen LogP contribution >= 0.6 is 0 Å². The zero-order valence-corrected chi connectivity index (χ0v) is 37.9. The van der Waals surface area contributed by atoms with Crippen molar-refractivity contribution in [1.82, 2.24) is 5.32 Å². The van der Waals surface area contributed by atoms with E-state index >= 15 is 0 Å². The van der Waals surface area contributed by atoms with Gasteiger partial charge in [-0.25, -0.2) is 0 Å². The second-order valence-electron chi connectivity index (χ2n) is 16.2. The van der Waals surface area contributed by atoms with Gasteiger partial charge in [-0.2, -0.15) is 0 Å². The normalized spacial score (nSPS) is 13.9. The first-order chi connectivity index (χ1) is 28.5. The Morgan fingerprint density at radius 1 is 0.517 bits per heavy atom. The third-order valence-corrected chi connectivity index (χ3v) is 10.6. The van der Waals surface area contributed by atoms with E-state index < -0.39 is 18.2 Å². The number of rotatable bonds is 42. The summed E-state index contributed by atoms with van der Waals surface area (Å²) in [6.45, 7) is 6.30. The number of unbranched alkanes of at least 4 members (excludes halogenated alkanes) is 22. The van der Waals surface area contributed by atoms with Gasteiger partial charge in [-0.05, 0) is 64.2 Å². The number of ether oxygens (including phenoxy) is 1. The molecule has 0 spiro atoms. The van der Waals surface area contributed by atoms with Gasteiger partial charge < -0.3 is 20.3 Å². The summed E-state index contributed by atoms with van der Waals surface area (Å²) in [4.78, 5) is 26.0. The van der Waals surface area contributed by atoms with Crippen LogP contribution in [-0.2, 0) is 14.3 Å². The number of hydrogen-bond acceptors (Lipinski definition) is 5. The van der Waals surface area contributed by atoms with Crippen LogP contribution in [0.2, 0.25) is 0 Å². The van der Waals surface area contributed by atoms with Crippen LogP contribution in [-0.4, -0.2) is 46.9 Å². The number of amides is 1. The largest absolute Gasteiger partial charge is 0.462 e. The Morgan fingerprint density at radius 3 is 1.50 bits per heavy atom. The maximum atomic E-state index is 13.1. The van der Waals surface area contributed by atoms with Gasteiger partial charge >= 0.3 is 5.97 Å². The highest BCUT2D eigenvalue weighted by atomic mass is 16.5. The lowest BCUT2D eigenvalue weighted by Crippen LogP contribution is -2.46. The first-order valence-corrected chi connectivity index (χ1v) is 24.2. The lowest BCUT2D eigenvalue weighted by Gasteiger charge is -2.24. The maximum absolute atomic E-state index is 13.1.